The highest BCUT2D eigenvalue weighted by Crippen LogP contribution is 2.39. The average molecular weight is 197 g/mol. The Balaban J connectivity index is 2.15. The van der Waals surface area contributed by atoms with Crippen molar-refractivity contribution < 1.29 is 9.90 Å². The highest BCUT2D eigenvalue weighted by Gasteiger charge is 2.30. The number of hydrogen-bond donors (Lipinski definition) is 2. The summed E-state index contributed by atoms with van der Waals surface area (Å²) in [5.41, 5.74) is 0.876. The van der Waals surface area contributed by atoms with Gasteiger partial charge in [-0.15, -0.1) is 0 Å². The topological polar surface area (TPSA) is 49.3 Å². The Morgan fingerprint density at radius 2 is 2.21 bits per heavy atom. The van der Waals surface area contributed by atoms with Crippen LogP contribution in [0.5, 0.6) is 0 Å². The van der Waals surface area contributed by atoms with Gasteiger partial charge in [0.2, 0.25) is 0 Å². The van der Waals surface area contributed by atoms with Crippen LogP contribution >= 0.6 is 0 Å². The van der Waals surface area contributed by atoms with Crippen LogP contribution in [-0.2, 0) is 4.79 Å². The molecule has 0 unspecified atom stereocenters. The number of nitrogens with one attached hydrogen (secondary N) is 1. The Bertz CT molecular complexity index is 242. The highest BCUT2D eigenvalue weighted by molar-refractivity contribution is 5.85. The van der Waals surface area contributed by atoms with Crippen LogP contribution in [0.3, 0.4) is 0 Å². The maximum Gasteiger partial charge on any atom is 0.330 e. The maximum absolute atomic E-state index is 10.5. The number of rotatable bonds is 5. The van der Waals surface area contributed by atoms with E-state index in [1.54, 1.807) is 13.0 Å². The molecular formula is C11H19NO2. The zero-order valence-electron chi connectivity index (χ0n) is 8.97. The molecule has 0 aromatic rings. The molecular weight excluding hydrogens is 178 g/mol. The van der Waals surface area contributed by atoms with Gasteiger partial charge in [-0.25, -0.2) is 4.79 Å². The number of hydrogen-bond acceptors (Lipinski definition) is 2. The molecule has 1 rings (SSSR count). The Kier molecular flexibility index (Phi) is 3.69. The van der Waals surface area contributed by atoms with Crippen LogP contribution in [0, 0.1) is 5.41 Å². The summed E-state index contributed by atoms with van der Waals surface area (Å²) >= 11 is 0. The average Bonchev–Trinajstić information content (AvgIpc) is 2.09. The van der Waals surface area contributed by atoms with Crippen molar-refractivity contribution in [1.29, 1.82) is 0 Å². The third kappa shape index (κ3) is 3.14. The van der Waals surface area contributed by atoms with Crippen molar-refractivity contribution in [2.75, 3.05) is 13.1 Å². The molecule has 80 valence electrons. The predicted molar refractivity (Wildman–Crippen MR) is 56.2 cm³/mol. The minimum atomic E-state index is -0.832. The monoisotopic (exact) mass is 197 g/mol. The highest BCUT2D eigenvalue weighted by atomic mass is 16.4. The van der Waals surface area contributed by atoms with E-state index in [4.69, 9.17) is 5.11 Å². The maximum atomic E-state index is 10.5. The van der Waals surface area contributed by atoms with Crippen LogP contribution in [-0.4, -0.2) is 24.2 Å². The molecule has 0 aliphatic heterocycles. The molecule has 1 saturated carbocycles. The molecule has 0 spiro atoms. The zero-order chi connectivity index (χ0) is 10.6. The van der Waals surface area contributed by atoms with E-state index in [9.17, 15) is 4.79 Å². The van der Waals surface area contributed by atoms with E-state index in [-0.39, 0.29) is 0 Å². The predicted octanol–water partition coefficient (Wildman–Crippen LogP) is 1.80. The van der Waals surface area contributed by atoms with Crippen molar-refractivity contribution in [2.45, 2.75) is 33.1 Å². The lowest BCUT2D eigenvalue weighted by atomic mass is 9.70. The lowest BCUT2D eigenvalue weighted by molar-refractivity contribution is -0.132. The Morgan fingerprint density at radius 1 is 1.57 bits per heavy atom. The van der Waals surface area contributed by atoms with Gasteiger partial charge >= 0.3 is 5.97 Å². The normalized spacial score (nSPS) is 20.3. The molecule has 0 saturated heterocycles. The standard InChI is InChI=1S/C11H19NO2/c1-9(10(13)14)4-7-12-8-11(2)5-3-6-11/h4,12H,3,5-8H2,1-2H3,(H,13,14). The molecule has 0 atom stereocenters. The van der Waals surface area contributed by atoms with Crippen LogP contribution in [0.2, 0.25) is 0 Å². The molecule has 0 bridgehead atoms. The first-order valence-corrected chi connectivity index (χ1v) is 5.14. The summed E-state index contributed by atoms with van der Waals surface area (Å²) in [5, 5.41) is 11.9. The minimum absolute atomic E-state index is 0.413. The minimum Gasteiger partial charge on any atom is -0.478 e. The van der Waals surface area contributed by atoms with E-state index >= 15 is 0 Å². The fraction of sp³-hybridized carbons (Fsp3) is 0.727. The summed E-state index contributed by atoms with van der Waals surface area (Å²) in [6, 6.07) is 0. The molecule has 3 nitrogen and oxygen atoms in total. The van der Waals surface area contributed by atoms with Crippen LogP contribution in [0.4, 0.5) is 0 Å². The number of aliphatic carboxylic acids is 1. The van der Waals surface area contributed by atoms with Crippen molar-refractivity contribution in [3.63, 3.8) is 0 Å². The summed E-state index contributed by atoms with van der Waals surface area (Å²) in [5.74, 6) is -0.832. The second-order valence-electron chi connectivity index (χ2n) is 4.49. The SMILES string of the molecule is CC(=CCNCC1(C)CCC1)C(=O)O. The lowest BCUT2D eigenvalue weighted by Crippen LogP contribution is -2.37. The lowest BCUT2D eigenvalue weighted by Gasteiger charge is -2.38. The Morgan fingerprint density at radius 3 is 2.64 bits per heavy atom. The molecule has 2 N–H and O–H groups in total. The molecule has 1 aliphatic rings. The number of carboxylic acid groups (broad SMARTS) is 1. The smallest absolute Gasteiger partial charge is 0.330 e. The molecule has 0 radical (unpaired) electrons. The quantitative estimate of drug-likeness (QED) is 0.522. The van der Waals surface area contributed by atoms with Gasteiger partial charge in [-0.2, -0.15) is 0 Å². The summed E-state index contributed by atoms with van der Waals surface area (Å²) < 4.78 is 0. The Hall–Kier alpha value is -0.830. The fourth-order valence-corrected chi connectivity index (χ4v) is 1.64. The van der Waals surface area contributed by atoms with Crippen LogP contribution in [0.25, 0.3) is 0 Å². The summed E-state index contributed by atoms with van der Waals surface area (Å²) in [4.78, 5) is 10.5. The molecule has 3 heteroatoms. The second-order valence-corrected chi connectivity index (χ2v) is 4.49. The van der Waals surface area contributed by atoms with Gasteiger partial charge < -0.3 is 10.4 Å². The fourth-order valence-electron chi connectivity index (χ4n) is 1.64. The molecule has 1 aliphatic carbocycles. The molecule has 14 heavy (non-hydrogen) atoms. The van der Waals surface area contributed by atoms with Gasteiger partial charge in [0.25, 0.3) is 0 Å². The summed E-state index contributed by atoms with van der Waals surface area (Å²) in [6.07, 6.45) is 5.65. The van der Waals surface area contributed by atoms with Gasteiger partial charge in [-0.1, -0.05) is 19.4 Å². The van der Waals surface area contributed by atoms with Crippen molar-refractivity contribution in [3.05, 3.63) is 11.6 Å². The van der Waals surface area contributed by atoms with E-state index in [2.05, 4.69) is 12.2 Å². The van der Waals surface area contributed by atoms with Gasteiger partial charge in [0, 0.05) is 18.7 Å². The molecule has 1 fully saturated rings. The first-order valence-electron chi connectivity index (χ1n) is 5.14. The van der Waals surface area contributed by atoms with Gasteiger partial charge in [0.05, 0.1) is 0 Å². The Labute approximate surface area is 85.2 Å². The van der Waals surface area contributed by atoms with Gasteiger partial charge in [0.15, 0.2) is 0 Å². The van der Waals surface area contributed by atoms with Crippen LogP contribution < -0.4 is 5.32 Å². The zero-order valence-corrected chi connectivity index (χ0v) is 8.97. The van der Waals surface area contributed by atoms with Gasteiger partial charge in [-0.3, -0.25) is 0 Å². The third-order valence-electron chi connectivity index (χ3n) is 3.00. The summed E-state index contributed by atoms with van der Waals surface area (Å²) in [6.45, 7) is 5.55. The largest absolute Gasteiger partial charge is 0.478 e. The molecule has 0 heterocycles. The number of carboxylic acids is 1. The van der Waals surface area contributed by atoms with Crippen molar-refractivity contribution in [2.24, 2.45) is 5.41 Å². The molecule has 0 aromatic heterocycles. The van der Waals surface area contributed by atoms with Crippen molar-refractivity contribution in [3.8, 4) is 0 Å². The summed E-state index contributed by atoms with van der Waals surface area (Å²) in [7, 11) is 0. The van der Waals surface area contributed by atoms with E-state index in [1.165, 1.54) is 19.3 Å². The van der Waals surface area contributed by atoms with Crippen LogP contribution in [0.15, 0.2) is 11.6 Å². The van der Waals surface area contributed by atoms with E-state index in [0.717, 1.165) is 6.54 Å². The molecule has 0 aromatic carbocycles. The van der Waals surface area contributed by atoms with Crippen molar-refractivity contribution >= 4 is 5.97 Å². The van der Waals surface area contributed by atoms with E-state index in [0.29, 0.717) is 17.5 Å². The second kappa shape index (κ2) is 4.60. The first kappa shape index (κ1) is 11.2. The van der Waals surface area contributed by atoms with E-state index in [1.807, 2.05) is 0 Å². The van der Waals surface area contributed by atoms with E-state index < -0.39 is 5.97 Å². The van der Waals surface area contributed by atoms with Crippen LogP contribution in [0.1, 0.15) is 33.1 Å². The third-order valence-corrected chi connectivity index (χ3v) is 3.00. The van der Waals surface area contributed by atoms with Crippen molar-refractivity contribution in [1.82, 2.24) is 5.32 Å². The van der Waals surface area contributed by atoms with Gasteiger partial charge in [-0.05, 0) is 25.2 Å². The molecule has 0 amide bonds. The van der Waals surface area contributed by atoms with Gasteiger partial charge in [0.1, 0.15) is 0 Å². The number of carbonyl (C=O) groups is 1. The first-order chi connectivity index (χ1) is 6.53.